The molecule has 4 heterocycles. The molecule has 0 spiro atoms. The maximum absolute atomic E-state index is 6.94. The van der Waals surface area contributed by atoms with E-state index >= 15 is 0 Å². The molecular formula is C50H30N4OS. The van der Waals surface area contributed by atoms with E-state index < -0.39 is 0 Å². The molecule has 12 aromatic rings. The number of aromatic nitrogens is 3. The third-order valence-corrected chi connectivity index (χ3v) is 12.1. The molecule has 12 rings (SSSR count). The van der Waals surface area contributed by atoms with Gasteiger partial charge in [-0.05, 0) is 48.5 Å². The van der Waals surface area contributed by atoms with Crippen molar-refractivity contribution in [3.63, 3.8) is 0 Å². The number of anilines is 3. The molecule has 0 bridgehead atoms. The summed E-state index contributed by atoms with van der Waals surface area (Å²) in [6, 6.07) is 64.1. The van der Waals surface area contributed by atoms with Crippen molar-refractivity contribution < 1.29 is 4.42 Å². The summed E-state index contributed by atoms with van der Waals surface area (Å²) in [6.07, 6.45) is 0. The van der Waals surface area contributed by atoms with Crippen molar-refractivity contribution in [2.75, 3.05) is 4.90 Å². The zero-order valence-corrected chi connectivity index (χ0v) is 30.7. The van der Waals surface area contributed by atoms with Gasteiger partial charge in [0, 0.05) is 65.4 Å². The van der Waals surface area contributed by atoms with E-state index in [0.29, 0.717) is 5.95 Å². The number of hydrogen-bond donors (Lipinski definition) is 0. The second kappa shape index (κ2) is 12.1. The van der Waals surface area contributed by atoms with E-state index in [-0.39, 0.29) is 0 Å². The van der Waals surface area contributed by atoms with E-state index in [4.69, 9.17) is 14.4 Å². The summed E-state index contributed by atoms with van der Waals surface area (Å²) in [5.74, 6) is 0.635. The second-order valence-corrected chi connectivity index (χ2v) is 15.2. The topological polar surface area (TPSA) is 47.1 Å². The lowest BCUT2D eigenvalue weighted by molar-refractivity contribution is 0.673. The quantitative estimate of drug-likeness (QED) is 0.177. The van der Waals surface area contributed by atoms with Crippen molar-refractivity contribution in [2.24, 2.45) is 0 Å². The lowest BCUT2D eigenvalue weighted by atomic mass is 10.0. The molecule has 6 heteroatoms. The highest BCUT2D eigenvalue weighted by Crippen LogP contribution is 2.46. The SMILES string of the molecule is c1ccc(-c2nc(-n3c4ccccc4c4cc5c(cc43)oc3c4ccccc4c(N(c4ccccc4)c4ccccc4)cc53)nc3c2sc2ccccc23)cc1. The van der Waals surface area contributed by atoms with Crippen LogP contribution in [0.2, 0.25) is 0 Å². The highest BCUT2D eigenvalue weighted by Gasteiger charge is 2.24. The largest absolute Gasteiger partial charge is 0.455 e. The van der Waals surface area contributed by atoms with Gasteiger partial charge in [0.2, 0.25) is 5.95 Å². The van der Waals surface area contributed by atoms with Crippen molar-refractivity contribution in [1.82, 2.24) is 14.5 Å². The maximum Gasteiger partial charge on any atom is 0.235 e. The van der Waals surface area contributed by atoms with Gasteiger partial charge in [0.1, 0.15) is 11.2 Å². The van der Waals surface area contributed by atoms with Gasteiger partial charge in [-0.2, -0.15) is 0 Å². The number of nitrogens with zero attached hydrogens (tertiary/aromatic N) is 4. The van der Waals surface area contributed by atoms with E-state index in [1.165, 1.54) is 4.70 Å². The first-order valence-corrected chi connectivity index (χ1v) is 19.6. The van der Waals surface area contributed by atoms with Gasteiger partial charge in [0.15, 0.2) is 0 Å². The molecular weight excluding hydrogens is 705 g/mol. The number of thiophene rings is 1. The predicted molar refractivity (Wildman–Crippen MR) is 234 cm³/mol. The van der Waals surface area contributed by atoms with Crippen molar-refractivity contribution >= 4 is 103 Å². The Balaban J connectivity index is 1.16. The monoisotopic (exact) mass is 734 g/mol. The fraction of sp³-hybridized carbons (Fsp3) is 0. The first kappa shape index (κ1) is 31.1. The number of hydrogen-bond acceptors (Lipinski definition) is 5. The van der Waals surface area contributed by atoms with E-state index in [1.807, 2.05) is 6.07 Å². The van der Waals surface area contributed by atoms with Crippen molar-refractivity contribution in [3.8, 4) is 17.2 Å². The lowest BCUT2D eigenvalue weighted by Crippen LogP contribution is -2.10. The minimum atomic E-state index is 0.635. The highest BCUT2D eigenvalue weighted by molar-refractivity contribution is 7.26. The van der Waals surface area contributed by atoms with Crippen LogP contribution in [0, 0.1) is 0 Å². The van der Waals surface area contributed by atoms with Crippen LogP contribution in [0.5, 0.6) is 0 Å². The number of rotatable bonds is 5. The van der Waals surface area contributed by atoms with Crippen LogP contribution in [-0.2, 0) is 0 Å². The Morgan fingerprint density at radius 3 is 1.86 bits per heavy atom. The lowest BCUT2D eigenvalue weighted by Gasteiger charge is -2.27. The summed E-state index contributed by atoms with van der Waals surface area (Å²) in [6.45, 7) is 0. The molecule has 0 aliphatic heterocycles. The standard InChI is InChI=1S/C50H30N4OS/c1-4-16-31(17-5-1)46-49-47(37-25-13-15-27-45(37)56-49)52-50(51-46)54-41-26-14-12-23-35(41)38-28-39-40-29-42(53(32-18-6-2-7-19-32)33-20-8-3-9-21-33)34-22-10-11-24-36(34)48(40)55-44(39)30-43(38)54/h1-30H. The van der Waals surface area contributed by atoms with Gasteiger partial charge in [-0.25, -0.2) is 9.97 Å². The molecule has 0 radical (unpaired) electrons. The van der Waals surface area contributed by atoms with E-state index in [2.05, 4.69) is 185 Å². The van der Waals surface area contributed by atoms with Crippen LogP contribution in [0.4, 0.5) is 17.1 Å². The normalized spacial score (nSPS) is 11.9. The fourth-order valence-corrected chi connectivity index (χ4v) is 9.65. The van der Waals surface area contributed by atoms with Crippen LogP contribution >= 0.6 is 11.3 Å². The molecule has 0 atom stereocenters. The number of fused-ring (bicyclic) bond motifs is 11. The van der Waals surface area contributed by atoms with Gasteiger partial charge in [0.25, 0.3) is 0 Å². The minimum absolute atomic E-state index is 0.635. The molecule has 56 heavy (non-hydrogen) atoms. The highest BCUT2D eigenvalue weighted by atomic mass is 32.1. The van der Waals surface area contributed by atoms with Gasteiger partial charge >= 0.3 is 0 Å². The van der Waals surface area contributed by atoms with E-state index in [9.17, 15) is 0 Å². The summed E-state index contributed by atoms with van der Waals surface area (Å²) >= 11 is 1.75. The van der Waals surface area contributed by atoms with E-state index in [0.717, 1.165) is 98.4 Å². The first-order chi connectivity index (χ1) is 27.8. The van der Waals surface area contributed by atoms with Crippen LogP contribution in [0.1, 0.15) is 0 Å². The first-order valence-electron chi connectivity index (χ1n) is 18.7. The zero-order valence-electron chi connectivity index (χ0n) is 29.9. The molecule has 0 saturated heterocycles. The van der Waals surface area contributed by atoms with Crippen LogP contribution in [0.3, 0.4) is 0 Å². The molecule has 0 saturated carbocycles. The molecule has 0 unspecified atom stereocenters. The average Bonchev–Trinajstić information content (AvgIpc) is 3.93. The number of para-hydroxylation sites is 3. The zero-order chi connectivity index (χ0) is 36.7. The molecule has 0 N–H and O–H groups in total. The van der Waals surface area contributed by atoms with E-state index in [1.54, 1.807) is 11.3 Å². The molecule has 0 aliphatic carbocycles. The molecule has 5 nitrogen and oxygen atoms in total. The summed E-state index contributed by atoms with van der Waals surface area (Å²) in [7, 11) is 0. The van der Waals surface area contributed by atoms with Crippen molar-refractivity contribution in [3.05, 3.63) is 182 Å². The van der Waals surface area contributed by atoms with Crippen LogP contribution in [0.15, 0.2) is 186 Å². The Bertz CT molecular complexity index is 3440. The summed E-state index contributed by atoms with van der Waals surface area (Å²) in [4.78, 5) is 13.1. The van der Waals surface area contributed by atoms with Crippen LogP contribution in [0.25, 0.3) is 92.0 Å². The Kier molecular flexibility index (Phi) is 6.73. The summed E-state index contributed by atoms with van der Waals surface area (Å²) < 4.78 is 11.4. The molecule has 262 valence electrons. The number of benzene rings is 8. The van der Waals surface area contributed by atoms with Gasteiger partial charge in [-0.3, -0.25) is 4.57 Å². The van der Waals surface area contributed by atoms with Crippen molar-refractivity contribution in [1.29, 1.82) is 0 Å². The third kappa shape index (κ3) is 4.60. The Labute approximate surface area is 324 Å². The Morgan fingerprint density at radius 2 is 1.11 bits per heavy atom. The number of furan rings is 1. The minimum Gasteiger partial charge on any atom is -0.455 e. The van der Waals surface area contributed by atoms with Gasteiger partial charge in [-0.1, -0.05) is 127 Å². The van der Waals surface area contributed by atoms with Gasteiger partial charge in [0.05, 0.1) is 32.6 Å². The molecule has 0 aliphatic rings. The smallest absolute Gasteiger partial charge is 0.235 e. The van der Waals surface area contributed by atoms with Crippen molar-refractivity contribution in [2.45, 2.75) is 0 Å². The Morgan fingerprint density at radius 1 is 0.482 bits per heavy atom. The molecule has 4 aromatic heterocycles. The maximum atomic E-state index is 6.94. The Hall–Kier alpha value is -7.28. The van der Waals surface area contributed by atoms with Crippen LogP contribution < -0.4 is 4.90 Å². The molecule has 0 fully saturated rings. The second-order valence-electron chi connectivity index (χ2n) is 14.2. The van der Waals surface area contributed by atoms with Crippen LogP contribution in [-0.4, -0.2) is 14.5 Å². The predicted octanol–water partition coefficient (Wildman–Crippen LogP) is 14.1. The summed E-state index contributed by atoms with van der Waals surface area (Å²) in [5.41, 5.74) is 9.96. The molecule has 0 amide bonds. The van der Waals surface area contributed by atoms with Gasteiger partial charge in [-0.15, -0.1) is 11.3 Å². The molecule has 8 aromatic carbocycles. The summed E-state index contributed by atoms with van der Waals surface area (Å²) in [5, 5.41) is 7.70. The fourth-order valence-electron chi connectivity index (χ4n) is 8.49. The third-order valence-electron chi connectivity index (χ3n) is 11.0. The average molecular weight is 735 g/mol. The van der Waals surface area contributed by atoms with Gasteiger partial charge < -0.3 is 9.32 Å².